The van der Waals surface area contributed by atoms with Crippen LogP contribution in [0.4, 0.5) is 5.82 Å². The highest BCUT2D eigenvalue weighted by Crippen LogP contribution is 2.42. The molecule has 28 heavy (non-hydrogen) atoms. The Kier molecular flexibility index (Phi) is 5.28. The predicted molar refractivity (Wildman–Crippen MR) is 112 cm³/mol. The molecule has 1 amide bonds. The fourth-order valence-corrected chi connectivity index (χ4v) is 4.60. The number of aromatic nitrogens is 2. The number of hydrogen-bond acceptors (Lipinski definition) is 4. The van der Waals surface area contributed by atoms with Crippen LogP contribution in [0.5, 0.6) is 0 Å². The van der Waals surface area contributed by atoms with Crippen LogP contribution in [0.1, 0.15) is 43.1 Å². The maximum Gasteiger partial charge on any atom is 0.223 e. The first-order valence-corrected chi connectivity index (χ1v) is 10.5. The number of aryl methyl sites for hydroxylation is 2. The minimum atomic E-state index is 0.106. The molecule has 2 aliphatic rings. The number of carbonyl (C=O) groups excluding carboxylic acids is 1. The second-order valence-corrected chi connectivity index (χ2v) is 8.60. The molecule has 148 valence electrons. The van der Waals surface area contributed by atoms with Crippen LogP contribution in [0.15, 0.2) is 30.5 Å². The minimum Gasteiger partial charge on any atom is -0.356 e. The van der Waals surface area contributed by atoms with Gasteiger partial charge in [0.25, 0.3) is 0 Å². The summed E-state index contributed by atoms with van der Waals surface area (Å²) in [7, 11) is 0. The number of nitrogens with zero attached hydrogens (tertiary/aromatic N) is 4. The van der Waals surface area contributed by atoms with Gasteiger partial charge in [-0.1, -0.05) is 30.7 Å². The van der Waals surface area contributed by atoms with Gasteiger partial charge in [0.1, 0.15) is 11.6 Å². The lowest BCUT2D eigenvalue weighted by Crippen LogP contribution is -2.42. The summed E-state index contributed by atoms with van der Waals surface area (Å²) in [4.78, 5) is 26.1. The maximum absolute atomic E-state index is 12.7. The van der Waals surface area contributed by atoms with Gasteiger partial charge in [0.15, 0.2) is 0 Å². The van der Waals surface area contributed by atoms with E-state index in [9.17, 15) is 4.79 Å². The van der Waals surface area contributed by atoms with Gasteiger partial charge in [-0.3, -0.25) is 4.79 Å². The van der Waals surface area contributed by atoms with Gasteiger partial charge in [0.05, 0.1) is 0 Å². The molecule has 2 aliphatic heterocycles. The largest absolute Gasteiger partial charge is 0.356 e. The Morgan fingerprint density at radius 2 is 1.89 bits per heavy atom. The van der Waals surface area contributed by atoms with Gasteiger partial charge in [0, 0.05) is 54.8 Å². The van der Waals surface area contributed by atoms with Gasteiger partial charge in [-0.25, -0.2) is 9.97 Å². The predicted octanol–water partition coefficient (Wildman–Crippen LogP) is 4.02. The number of anilines is 1. The zero-order valence-electron chi connectivity index (χ0n) is 16.6. The molecular formula is C22H27ClN4O. The lowest BCUT2D eigenvalue weighted by Gasteiger charge is -2.40. The van der Waals surface area contributed by atoms with Crippen LogP contribution in [-0.4, -0.2) is 40.4 Å². The van der Waals surface area contributed by atoms with Crippen molar-refractivity contribution in [3.8, 4) is 0 Å². The molecule has 1 spiro atoms. The molecule has 2 saturated heterocycles. The van der Waals surface area contributed by atoms with E-state index < -0.39 is 0 Å². The Balaban J connectivity index is 1.42. The molecule has 1 aromatic heterocycles. The third-order valence-electron chi connectivity index (χ3n) is 6.16. The van der Waals surface area contributed by atoms with Crippen molar-refractivity contribution in [1.82, 2.24) is 14.9 Å². The van der Waals surface area contributed by atoms with E-state index >= 15 is 0 Å². The SMILES string of the molecule is CCc1cnc(C)nc1N1CCC2(CC1)CC(=O)N(Cc1ccc(Cl)cc1)C2. The van der Waals surface area contributed by atoms with Crippen molar-refractivity contribution in [2.75, 3.05) is 24.5 Å². The molecule has 2 aromatic rings. The topological polar surface area (TPSA) is 49.3 Å². The number of benzene rings is 1. The summed E-state index contributed by atoms with van der Waals surface area (Å²) in [5, 5.41) is 0.728. The van der Waals surface area contributed by atoms with E-state index in [1.54, 1.807) is 0 Å². The number of rotatable bonds is 4. The second-order valence-electron chi connectivity index (χ2n) is 8.16. The lowest BCUT2D eigenvalue weighted by molar-refractivity contribution is -0.128. The van der Waals surface area contributed by atoms with Crippen molar-refractivity contribution in [2.45, 2.75) is 46.1 Å². The molecule has 0 N–H and O–H groups in total. The van der Waals surface area contributed by atoms with Gasteiger partial charge < -0.3 is 9.80 Å². The monoisotopic (exact) mass is 398 g/mol. The fraction of sp³-hybridized carbons (Fsp3) is 0.500. The minimum absolute atomic E-state index is 0.106. The third kappa shape index (κ3) is 3.86. The van der Waals surface area contributed by atoms with Gasteiger partial charge in [0.2, 0.25) is 5.91 Å². The van der Waals surface area contributed by atoms with Crippen LogP contribution < -0.4 is 4.90 Å². The molecule has 0 saturated carbocycles. The quantitative estimate of drug-likeness (QED) is 0.780. The summed E-state index contributed by atoms with van der Waals surface area (Å²) in [6.45, 7) is 7.52. The van der Waals surface area contributed by atoms with E-state index in [1.807, 2.05) is 42.3 Å². The average Bonchev–Trinajstić information content (AvgIpc) is 2.99. The number of hydrogen-bond donors (Lipinski definition) is 0. The van der Waals surface area contributed by atoms with Crippen LogP contribution in [0.3, 0.4) is 0 Å². The maximum atomic E-state index is 12.7. The molecule has 5 nitrogen and oxygen atoms in total. The number of amides is 1. The van der Waals surface area contributed by atoms with Gasteiger partial charge in [-0.2, -0.15) is 0 Å². The highest BCUT2D eigenvalue weighted by molar-refractivity contribution is 6.30. The third-order valence-corrected chi connectivity index (χ3v) is 6.41. The second kappa shape index (κ2) is 7.70. The van der Waals surface area contributed by atoms with Crippen LogP contribution in [0, 0.1) is 12.3 Å². The number of carbonyl (C=O) groups is 1. The van der Waals surface area contributed by atoms with E-state index in [-0.39, 0.29) is 11.3 Å². The van der Waals surface area contributed by atoms with Gasteiger partial charge in [-0.05, 0) is 43.9 Å². The van der Waals surface area contributed by atoms with Crippen LogP contribution >= 0.6 is 11.6 Å². The van der Waals surface area contributed by atoms with Crippen LogP contribution in [0.25, 0.3) is 0 Å². The van der Waals surface area contributed by atoms with Crippen LogP contribution in [0.2, 0.25) is 5.02 Å². The molecule has 4 rings (SSSR count). The first kappa shape index (κ1) is 19.2. The Labute approximate surface area is 171 Å². The zero-order chi connectivity index (χ0) is 19.7. The average molecular weight is 399 g/mol. The summed E-state index contributed by atoms with van der Waals surface area (Å²) in [6.07, 6.45) is 5.61. The van der Waals surface area contributed by atoms with Gasteiger partial charge in [-0.15, -0.1) is 0 Å². The van der Waals surface area contributed by atoms with E-state index in [4.69, 9.17) is 16.6 Å². The van der Waals surface area contributed by atoms with Crippen molar-refractivity contribution >= 4 is 23.3 Å². The molecule has 1 aromatic carbocycles. The number of likely N-dealkylation sites (tertiary alicyclic amines) is 1. The van der Waals surface area contributed by atoms with Crippen LogP contribution in [-0.2, 0) is 17.8 Å². The van der Waals surface area contributed by atoms with Crippen molar-refractivity contribution < 1.29 is 4.79 Å². The standard InChI is InChI=1S/C22H27ClN4O/c1-3-18-13-24-16(2)25-21(18)26-10-8-22(9-11-26)12-20(28)27(15-22)14-17-4-6-19(23)7-5-17/h4-7,13H,3,8-12,14-15H2,1-2H3. The van der Waals surface area contributed by atoms with Gasteiger partial charge >= 0.3 is 0 Å². The van der Waals surface area contributed by atoms with Crippen molar-refractivity contribution in [3.63, 3.8) is 0 Å². The smallest absolute Gasteiger partial charge is 0.223 e. The number of halogens is 1. The van der Waals surface area contributed by atoms with Crippen molar-refractivity contribution in [3.05, 3.63) is 52.4 Å². The first-order valence-electron chi connectivity index (χ1n) is 10.1. The zero-order valence-corrected chi connectivity index (χ0v) is 17.4. The highest BCUT2D eigenvalue weighted by Gasteiger charge is 2.45. The summed E-state index contributed by atoms with van der Waals surface area (Å²) in [5.41, 5.74) is 2.44. The molecule has 0 bridgehead atoms. The molecule has 2 fully saturated rings. The molecule has 0 unspecified atom stereocenters. The Morgan fingerprint density at radius 3 is 2.57 bits per heavy atom. The Morgan fingerprint density at radius 1 is 1.18 bits per heavy atom. The summed E-state index contributed by atoms with van der Waals surface area (Å²) in [5.74, 6) is 2.17. The fourth-order valence-electron chi connectivity index (χ4n) is 4.47. The van der Waals surface area contributed by atoms with E-state index in [2.05, 4.69) is 16.8 Å². The number of piperidine rings is 1. The Hall–Kier alpha value is -2.14. The highest BCUT2D eigenvalue weighted by atomic mass is 35.5. The normalized spacial score (nSPS) is 18.9. The lowest BCUT2D eigenvalue weighted by atomic mass is 9.77. The molecule has 0 atom stereocenters. The molecular weight excluding hydrogens is 372 g/mol. The van der Waals surface area contributed by atoms with Crippen molar-refractivity contribution in [2.24, 2.45) is 5.41 Å². The molecule has 0 radical (unpaired) electrons. The Bertz CT molecular complexity index is 859. The molecule has 3 heterocycles. The van der Waals surface area contributed by atoms with E-state index in [0.29, 0.717) is 13.0 Å². The molecule has 0 aliphatic carbocycles. The van der Waals surface area contributed by atoms with E-state index in [1.165, 1.54) is 5.56 Å². The molecule has 6 heteroatoms. The summed E-state index contributed by atoms with van der Waals surface area (Å²) >= 11 is 5.97. The summed E-state index contributed by atoms with van der Waals surface area (Å²) < 4.78 is 0. The van der Waals surface area contributed by atoms with E-state index in [0.717, 1.165) is 61.1 Å². The summed E-state index contributed by atoms with van der Waals surface area (Å²) in [6, 6.07) is 7.79. The first-order chi connectivity index (χ1) is 13.5. The van der Waals surface area contributed by atoms with Crippen molar-refractivity contribution in [1.29, 1.82) is 0 Å².